The van der Waals surface area contributed by atoms with Gasteiger partial charge in [-0.15, -0.1) is 47.5 Å². The number of aryl methyl sites for hydroxylation is 4. The molecule has 4 heteroatoms. The number of benzene rings is 6. The molecule has 0 aliphatic heterocycles. The average Bonchev–Trinajstić information content (AvgIpc) is 3.79. The number of fused-ring (bicyclic) bond motifs is 3. The van der Waals surface area contributed by atoms with Crippen molar-refractivity contribution >= 4 is 21.9 Å². The molecule has 1 aliphatic rings. The predicted octanol–water partition coefficient (Wildman–Crippen LogP) is 15.9. The zero-order chi connectivity index (χ0) is 57.4. The second kappa shape index (κ2) is 18.2. The van der Waals surface area contributed by atoms with Crippen molar-refractivity contribution in [3.63, 3.8) is 0 Å². The zero-order valence-electron chi connectivity index (χ0n) is 52.0. The molecule has 3 aromatic heterocycles. The molecule has 0 N–H and O–H groups in total. The van der Waals surface area contributed by atoms with Gasteiger partial charge in [-0.2, -0.15) is 0 Å². The smallest absolute Gasteiger partial charge is 0.128 e. The third-order valence-corrected chi connectivity index (χ3v) is 11.4. The summed E-state index contributed by atoms with van der Waals surface area (Å²) in [6.45, 7) is -5.41. The Morgan fingerprint density at radius 1 is 0.661 bits per heavy atom. The van der Waals surface area contributed by atoms with Gasteiger partial charge < -0.3 is 14.4 Å². The van der Waals surface area contributed by atoms with Crippen LogP contribution in [0.15, 0.2) is 156 Å². The number of rotatable bonds is 6. The largest absolute Gasteiger partial charge is 0.500 e. The van der Waals surface area contributed by atoms with Gasteiger partial charge in [-0.1, -0.05) is 152 Å². The molecule has 1 fully saturated rings. The maximum Gasteiger partial charge on any atom is 0.128 e. The first-order valence-electron chi connectivity index (χ1n) is 29.1. The van der Waals surface area contributed by atoms with Crippen LogP contribution in [0.1, 0.15) is 97.9 Å². The van der Waals surface area contributed by atoms with Crippen LogP contribution in [0.25, 0.3) is 77.8 Å². The van der Waals surface area contributed by atoms with Gasteiger partial charge in [0.15, 0.2) is 0 Å². The molecule has 0 bridgehead atoms. The van der Waals surface area contributed by atoms with Crippen LogP contribution in [0.4, 0.5) is 0 Å². The Kier molecular flexibility index (Phi) is 7.59. The summed E-state index contributed by atoms with van der Waals surface area (Å²) >= 11 is 0. The minimum atomic E-state index is -2.65. The van der Waals surface area contributed by atoms with Crippen LogP contribution in [0, 0.1) is 45.0 Å². The quantitative estimate of drug-likeness (QED) is 0.156. The molecule has 3 nitrogen and oxygen atoms in total. The van der Waals surface area contributed by atoms with Crippen molar-refractivity contribution < 1.29 is 49.2 Å². The van der Waals surface area contributed by atoms with E-state index in [0.29, 0.717) is 62.7 Å². The first kappa shape index (κ1) is 25.9. The Hall–Kier alpha value is -5.93. The van der Waals surface area contributed by atoms with E-state index in [-0.39, 0.29) is 87.8 Å². The van der Waals surface area contributed by atoms with Gasteiger partial charge in [0, 0.05) is 61.3 Å². The van der Waals surface area contributed by atoms with Gasteiger partial charge in [-0.3, -0.25) is 0 Å². The van der Waals surface area contributed by atoms with Crippen LogP contribution < -0.4 is 0 Å². The fraction of sp³-hybridized carbons (Fsp3) is 0.207. The van der Waals surface area contributed by atoms with E-state index in [0.717, 1.165) is 18.4 Å². The monoisotopic (exact) mass is 1000 g/mol. The van der Waals surface area contributed by atoms with E-state index in [2.05, 4.69) is 35.9 Å². The third-order valence-electron chi connectivity index (χ3n) is 11.4. The van der Waals surface area contributed by atoms with E-state index in [1.165, 1.54) is 30.6 Å². The van der Waals surface area contributed by atoms with E-state index in [4.69, 9.17) is 27.7 Å². The molecule has 0 saturated heterocycles. The van der Waals surface area contributed by atoms with Gasteiger partial charge in [0.2, 0.25) is 0 Å². The van der Waals surface area contributed by atoms with Crippen LogP contribution >= 0.6 is 0 Å². The third kappa shape index (κ3) is 8.86. The molecule has 0 spiro atoms. The molecule has 6 aromatic carbocycles. The van der Waals surface area contributed by atoms with Gasteiger partial charge in [-0.05, 0) is 113 Å². The van der Waals surface area contributed by atoms with Crippen molar-refractivity contribution in [3.8, 4) is 55.9 Å². The van der Waals surface area contributed by atoms with Crippen LogP contribution in [0.3, 0.4) is 0 Å². The van der Waals surface area contributed by atoms with E-state index >= 15 is 0 Å². The number of furan rings is 1. The Morgan fingerprint density at radius 3 is 2.21 bits per heavy atom. The Morgan fingerprint density at radius 2 is 1.45 bits per heavy atom. The summed E-state index contributed by atoms with van der Waals surface area (Å²) < 4.78 is 153. The standard InChI is InChI=1S/C39H36NO.C19H16N.Ir/c1-25-22-29(27-18-20-39(3,4)21-19-27)16-17-30(25)35-23-36(40-24-26(35)2)34-15-9-14-33-32-13-8-12-31(37(32)41-38(33)34)28-10-6-5-7-11-28;1-14-8-11-19(20-13-14)17-10-9-15(2)18(12-17)16-6-4-3-5-7-16;/h5-14,16-17,22-24,27H,18-21H2,1-4H3;3-9,11-13H,1-2H3;/q2*-1;/i1D3,2D3,5D,6D,7D,10D,11D,27D;1D3,2D3;. The average molecular weight is 1000 g/mol. The molecule has 1 radical (unpaired) electrons. The number of para-hydroxylation sites is 1. The van der Waals surface area contributed by atoms with Gasteiger partial charge >= 0.3 is 0 Å². The summed E-state index contributed by atoms with van der Waals surface area (Å²) in [4.78, 5) is 8.73. The molecule has 62 heavy (non-hydrogen) atoms. The van der Waals surface area contributed by atoms with Gasteiger partial charge in [0.25, 0.3) is 0 Å². The minimum absolute atomic E-state index is 0. The van der Waals surface area contributed by atoms with E-state index < -0.39 is 51.4 Å². The molecule has 9 aromatic rings. The van der Waals surface area contributed by atoms with Crippen molar-refractivity contribution in [3.05, 3.63) is 192 Å². The summed E-state index contributed by atoms with van der Waals surface area (Å²) in [7, 11) is 0. The first-order chi connectivity index (χ1) is 36.9. The van der Waals surface area contributed by atoms with Gasteiger partial charge in [-0.25, -0.2) is 0 Å². The molecular formula is C58H52IrN2O-2. The zero-order valence-corrected chi connectivity index (χ0v) is 36.4. The van der Waals surface area contributed by atoms with Crippen molar-refractivity contribution in [2.45, 2.75) is 72.8 Å². The van der Waals surface area contributed by atoms with Crippen molar-refractivity contribution in [2.24, 2.45) is 5.41 Å². The van der Waals surface area contributed by atoms with Crippen molar-refractivity contribution in [2.75, 3.05) is 0 Å². The molecule has 0 unspecified atom stereocenters. The van der Waals surface area contributed by atoms with Gasteiger partial charge in [0.1, 0.15) is 5.58 Å². The summed E-state index contributed by atoms with van der Waals surface area (Å²) in [6.07, 6.45) is 5.34. The van der Waals surface area contributed by atoms with E-state index in [1.54, 1.807) is 60.7 Å². The minimum Gasteiger partial charge on any atom is -0.500 e. The molecule has 1 aliphatic carbocycles. The molecular weight excluding hydrogens is 933 g/mol. The molecule has 3 heterocycles. The fourth-order valence-corrected chi connectivity index (χ4v) is 7.92. The maximum absolute atomic E-state index is 9.30. The second-order valence-corrected chi connectivity index (χ2v) is 16.0. The molecule has 311 valence electrons. The van der Waals surface area contributed by atoms with Crippen molar-refractivity contribution in [1.29, 1.82) is 0 Å². The summed E-state index contributed by atoms with van der Waals surface area (Å²) in [5.41, 5.74) is 5.20. The number of hydrogen-bond acceptors (Lipinski definition) is 3. The number of hydrogen-bond donors (Lipinski definition) is 0. The summed E-state index contributed by atoms with van der Waals surface area (Å²) in [5.74, 6) is -0.968. The SMILES string of the molecule is [2H]C([2H])([2H])c1ccc(-c2[c-]cc(C([2H])([2H])[2H])c(-c3ccccc3)c2)nc1.[2H]c1c([2H])c([2H])c(-c2cccc3c2oc2c(-c4cc(-c5ccc(C6([2H])CCC(C)(C)CC6)cc5C([2H])([2H])[2H])c(C([2H])([2H])[2H])cn4)[c-]ccc23)c([2H])c1[2H].[Ir]. The number of pyridine rings is 2. The normalized spacial score (nSPS) is 19.2. The maximum atomic E-state index is 9.30. The van der Waals surface area contributed by atoms with Crippen LogP contribution in [0.2, 0.25) is 0 Å². The number of aromatic nitrogens is 2. The Bertz CT molecular complexity index is 3750. The Labute approximate surface area is 406 Å². The summed E-state index contributed by atoms with van der Waals surface area (Å²) in [5, 5.41) is 1.23. The topological polar surface area (TPSA) is 38.9 Å². The van der Waals surface area contributed by atoms with Gasteiger partial charge in [0.05, 0.1) is 12.4 Å². The van der Waals surface area contributed by atoms with Crippen LogP contribution in [0.5, 0.6) is 0 Å². The first-order valence-corrected chi connectivity index (χ1v) is 20.1. The van der Waals surface area contributed by atoms with Crippen LogP contribution in [-0.4, -0.2) is 9.97 Å². The predicted molar refractivity (Wildman–Crippen MR) is 255 cm³/mol. The second-order valence-electron chi connectivity index (χ2n) is 16.0. The Balaban J connectivity index is 0.000000261. The van der Waals surface area contributed by atoms with E-state index in [1.807, 2.05) is 30.3 Å². The molecule has 0 atom stereocenters. The molecule has 0 amide bonds. The molecule has 10 rings (SSSR count). The summed E-state index contributed by atoms with van der Waals surface area (Å²) in [6, 6.07) is 34.4. The van der Waals surface area contributed by atoms with Crippen LogP contribution in [-0.2, 0) is 20.1 Å². The molecule has 1 saturated carbocycles. The van der Waals surface area contributed by atoms with Crippen molar-refractivity contribution in [1.82, 2.24) is 9.97 Å². The van der Waals surface area contributed by atoms with E-state index in [9.17, 15) is 1.37 Å². The fourth-order valence-electron chi connectivity index (χ4n) is 7.92. The number of nitrogens with zero attached hydrogens (tertiary/aromatic N) is 2.